The van der Waals surface area contributed by atoms with Crippen molar-refractivity contribution in [2.24, 2.45) is 0 Å². The summed E-state index contributed by atoms with van der Waals surface area (Å²) in [6.07, 6.45) is 0. The van der Waals surface area contributed by atoms with E-state index in [1.54, 1.807) is 0 Å². The van der Waals surface area contributed by atoms with Gasteiger partial charge >= 0.3 is 0 Å². The van der Waals surface area contributed by atoms with Crippen LogP contribution in [0.5, 0.6) is 0 Å². The number of rotatable bonds is 11. The van der Waals surface area contributed by atoms with Gasteiger partial charge in [-0.25, -0.2) is 4.85 Å². The highest BCUT2D eigenvalue weighted by atomic mass is 15.2. The second-order valence-electron chi connectivity index (χ2n) is 42.3. The Bertz CT molecular complexity index is 7070. The molecule has 2 aromatic heterocycles. The van der Waals surface area contributed by atoms with Gasteiger partial charge in [0.25, 0.3) is 0 Å². The molecule has 1 unspecified atom stereocenters. The summed E-state index contributed by atoms with van der Waals surface area (Å²) in [5, 5.41) is 16.8. The molecule has 16 aromatic carbocycles. The summed E-state index contributed by atoms with van der Waals surface area (Å²) < 4.78 is 4.99. The molecule has 0 fully saturated rings. The minimum absolute atomic E-state index is 0.0927. The number of aromatic nitrogens is 2. The Morgan fingerprint density at radius 2 is 0.690 bits per heavy atom. The van der Waals surface area contributed by atoms with Gasteiger partial charge < -0.3 is 14.0 Å². The van der Waals surface area contributed by atoms with Crippen molar-refractivity contribution in [3.8, 4) is 95.3 Å². The van der Waals surface area contributed by atoms with Crippen molar-refractivity contribution >= 4 is 89.5 Å². The van der Waals surface area contributed by atoms with E-state index in [9.17, 15) is 11.8 Å². The summed E-state index contributed by atoms with van der Waals surface area (Å²) in [5.41, 5.74) is 38.1. The van der Waals surface area contributed by atoms with Crippen LogP contribution < -0.4 is 21.3 Å². The molecular formula is C123H110BN5. The van der Waals surface area contributed by atoms with Gasteiger partial charge in [-0.3, -0.25) is 0 Å². The van der Waals surface area contributed by atoms with E-state index < -0.39 is 12.6 Å². The Morgan fingerprint density at radius 3 is 1.17 bits per heavy atom. The van der Waals surface area contributed by atoms with Crippen molar-refractivity contribution in [2.45, 2.75) is 163 Å². The molecule has 2 aliphatic heterocycles. The van der Waals surface area contributed by atoms with Crippen LogP contribution in [0.15, 0.2) is 334 Å². The number of nitrogens with zero attached hydrogens (tertiary/aromatic N) is 5. The first-order valence-electron chi connectivity index (χ1n) is 45.8. The molecule has 0 amide bonds. The first kappa shape index (κ1) is 83.2. The minimum atomic E-state index is -0.564. The molecule has 18 aromatic rings. The van der Waals surface area contributed by atoms with Crippen molar-refractivity contribution in [1.82, 2.24) is 9.13 Å². The first-order chi connectivity index (χ1) is 61.7. The van der Waals surface area contributed by atoms with E-state index in [0.717, 1.165) is 145 Å². The van der Waals surface area contributed by atoms with Crippen LogP contribution >= 0.6 is 0 Å². The molecule has 129 heavy (non-hydrogen) atoms. The van der Waals surface area contributed by atoms with E-state index in [-0.39, 0.29) is 32.5 Å². The maximum absolute atomic E-state index is 12.0. The Kier molecular flexibility index (Phi) is 19.9. The highest BCUT2D eigenvalue weighted by molar-refractivity contribution is 6.99. The van der Waals surface area contributed by atoms with Gasteiger partial charge in [0.05, 0.1) is 46.0 Å². The van der Waals surface area contributed by atoms with Gasteiger partial charge in [0, 0.05) is 55.8 Å². The van der Waals surface area contributed by atoms with Crippen molar-refractivity contribution in [3.63, 3.8) is 0 Å². The lowest BCUT2D eigenvalue weighted by molar-refractivity contribution is 0.568. The van der Waals surface area contributed by atoms with E-state index in [0.29, 0.717) is 11.3 Å². The lowest BCUT2D eigenvalue weighted by atomic mass is 9.31. The summed E-state index contributed by atoms with van der Waals surface area (Å²) in [7, 11) is 0. The SMILES string of the molecule is [C-]#[N+]c1ccccc1-c1cc(-c2ccc(C(C)(C)C)cc2)cc(-c2cc(C(C)(C)C)cc(C(C)(C)C)c2)c1N1c2cc(-n3c4ccccc4c4ccccc43)ccc2B2c3ccc(-n4c5ccccc5c5ccccc54)cc3C(c3c(-c4cc(C(C)(C)C)cc(C(C)(C)C)c4)cc(-c4ccc(C(C)(C)C)cc4)cc3-c3ccccc3C#N)c3cc(-c4ccccc4)cc1c32. The fourth-order valence-electron chi connectivity index (χ4n) is 20.5. The second kappa shape index (κ2) is 30.9. The summed E-state index contributed by atoms with van der Waals surface area (Å²) in [4.78, 5) is 7.25. The molecule has 6 heteroatoms. The number of benzene rings is 16. The zero-order valence-electron chi connectivity index (χ0n) is 77.6. The average Bonchev–Trinajstić information content (AvgIpc) is 1.20. The smallest absolute Gasteiger partial charge is 0.247 e. The van der Waals surface area contributed by atoms with Gasteiger partial charge in [-0.15, -0.1) is 0 Å². The van der Waals surface area contributed by atoms with Gasteiger partial charge in [0.15, 0.2) is 5.69 Å². The fourth-order valence-corrected chi connectivity index (χ4v) is 20.5. The highest BCUT2D eigenvalue weighted by Gasteiger charge is 2.47. The summed E-state index contributed by atoms with van der Waals surface area (Å²) >= 11 is 0. The molecule has 4 heterocycles. The first-order valence-corrected chi connectivity index (χ1v) is 45.8. The van der Waals surface area contributed by atoms with Crippen molar-refractivity contribution < 1.29 is 0 Å². The third-order valence-electron chi connectivity index (χ3n) is 27.6. The van der Waals surface area contributed by atoms with Gasteiger partial charge in [-0.1, -0.05) is 379 Å². The maximum Gasteiger partial charge on any atom is 0.247 e. The van der Waals surface area contributed by atoms with Crippen LogP contribution in [0.25, 0.3) is 138 Å². The summed E-state index contributed by atoms with van der Waals surface area (Å²) in [6.45, 7) is 51.0. The predicted octanol–water partition coefficient (Wildman–Crippen LogP) is 31.6. The lowest BCUT2D eigenvalue weighted by Gasteiger charge is -2.45. The Labute approximate surface area is 762 Å². The molecule has 1 atom stereocenters. The third kappa shape index (κ3) is 14.5. The monoisotopic (exact) mass is 1670 g/mol. The van der Waals surface area contributed by atoms with Crippen molar-refractivity contribution in [3.05, 3.63) is 401 Å². The van der Waals surface area contributed by atoms with E-state index >= 15 is 0 Å². The van der Waals surface area contributed by atoms with Crippen LogP contribution in [-0.4, -0.2) is 15.8 Å². The van der Waals surface area contributed by atoms with Gasteiger partial charge in [-0.05, 0) is 251 Å². The van der Waals surface area contributed by atoms with Crippen LogP contribution in [0.4, 0.5) is 22.7 Å². The predicted molar refractivity (Wildman–Crippen MR) is 550 cm³/mol. The topological polar surface area (TPSA) is 41.2 Å². The number of para-hydroxylation sites is 5. The van der Waals surface area contributed by atoms with Gasteiger partial charge in [0.2, 0.25) is 6.71 Å². The number of anilines is 3. The molecule has 0 saturated heterocycles. The van der Waals surface area contributed by atoms with Crippen LogP contribution in [0, 0.1) is 17.9 Å². The molecule has 20 rings (SSSR count). The van der Waals surface area contributed by atoms with Gasteiger partial charge in [0.1, 0.15) is 0 Å². The molecule has 5 nitrogen and oxygen atoms in total. The Balaban J connectivity index is 1.02. The van der Waals surface area contributed by atoms with Crippen LogP contribution in [-0.2, 0) is 32.5 Å². The molecule has 0 N–H and O–H groups in total. The standard InChI is InChI=1S/C123H110BN5/c1-118(2,3)85-53-49-77(50-54-85)80-65-99(83-61-87(120(7,8)9)71-88(62-83)121(10,11)12)114(101(67-80)93-38-24-23-37-79(93)75-125)115-103-73-91(127-108-45-31-26-40-95(108)96-41-27-32-46-109(96)127)57-59-105(103)124-106-60-58-92(128-110-47-33-28-42-97(110)98-43-29-34-48-111(98)128)74-112(106)129(113-70-82(69-104(115)116(113)124)76-35-21-20-22-36-76)117-100(84-63-89(122(13,14)15)72-90(64-84)123(16,17)18)66-81(78-51-55-86(56-52-78)119(4,5)6)68-102(117)94-39-25-30-44-107(94)126-19/h20-74,115H,1-18H3. The molecule has 0 saturated carbocycles. The Morgan fingerprint density at radius 1 is 0.295 bits per heavy atom. The molecule has 2 aliphatic rings. The summed E-state index contributed by atoms with van der Waals surface area (Å²) in [5.74, 6) is -0.564. The van der Waals surface area contributed by atoms with E-state index in [4.69, 9.17) is 0 Å². The van der Waals surface area contributed by atoms with Crippen LogP contribution in [0.1, 0.15) is 186 Å². The second-order valence-corrected chi connectivity index (χ2v) is 42.3. The van der Waals surface area contributed by atoms with Crippen LogP contribution in [0.3, 0.4) is 0 Å². The van der Waals surface area contributed by atoms with Crippen molar-refractivity contribution in [1.29, 1.82) is 5.26 Å². The molecule has 0 spiro atoms. The number of hydrogen-bond acceptors (Lipinski definition) is 2. The minimum Gasteiger partial charge on any atom is -0.310 e. The lowest BCUT2D eigenvalue weighted by Crippen LogP contribution is -2.62. The number of fused-ring (bicyclic) bond motifs is 10. The van der Waals surface area contributed by atoms with E-state index in [1.807, 2.05) is 24.3 Å². The van der Waals surface area contributed by atoms with E-state index in [1.165, 1.54) is 71.4 Å². The van der Waals surface area contributed by atoms with Gasteiger partial charge in [-0.2, -0.15) is 5.26 Å². The maximum atomic E-state index is 12.0. The fraction of sp³-hybridized carbons (Fsp3) is 0.203. The average molecular weight is 1670 g/mol. The third-order valence-corrected chi connectivity index (χ3v) is 27.6. The number of nitriles is 1. The molecule has 0 aliphatic carbocycles. The number of hydrogen-bond donors (Lipinski definition) is 0. The zero-order chi connectivity index (χ0) is 89.9. The highest BCUT2D eigenvalue weighted by Crippen LogP contribution is 2.57. The van der Waals surface area contributed by atoms with E-state index in [2.05, 4.69) is 459 Å². The Hall–Kier alpha value is -14.0. The quantitative estimate of drug-likeness (QED) is 0.0957. The zero-order valence-corrected chi connectivity index (χ0v) is 77.6. The normalized spacial score (nSPS) is 13.5. The molecule has 0 radical (unpaired) electrons. The van der Waals surface area contributed by atoms with Crippen LogP contribution in [0.2, 0.25) is 0 Å². The van der Waals surface area contributed by atoms with Crippen molar-refractivity contribution in [2.75, 3.05) is 4.90 Å². The molecule has 0 bridgehead atoms. The molecular weight excluding hydrogens is 1560 g/mol. The summed E-state index contributed by atoms with van der Waals surface area (Å²) in [6, 6.07) is 129. The molecule has 630 valence electrons. The largest absolute Gasteiger partial charge is 0.310 e.